The molecule has 4 nitrogen and oxygen atoms in total. The Bertz CT molecular complexity index is 215. The molecule has 1 amide bonds. The minimum Gasteiger partial charge on any atom is -0.342 e. The minimum atomic E-state index is 0.204. The summed E-state index contributed by atoms with van der Waals surface area (Å²) in [5.41, 5.74) is 5.99. The van der Waals surface area contributed by atoms with Crippen LogP contribution < -0.4 is 5.73 Å². The van der Waals surface area contributed by atoms with Gasteiger partial charge in [0.2, 0.25) is 5.91 Å². The van der Waals surface area contributed by atoms with E-state index in [1.54, 1.807) is 0 Å². The summed E-state index contributed by atoms with van der Waals surface area (Å²) in [5, 5.41) is 0. The molecule has 0 aromatic heterocycles. The summed E-state index contributed by atoms with van der Waals surface area (Å²) < 4.78 is 0. The summed E-state index contributed by atoms with van der Waals surface area (Å²) in [6, 6.07) is 0.223. The van der Waals surface area contributed by atoms with Crippen molar-refractivity contribution < 1.29 is 4.79 Å². The topological polar surface area (TPSA) is 49.6 Å². The first-order valence-corrected chi connectivity index (χ1v) is 6.64. The number of hydrogen-bond donors (Lipinski definition) is 1. The van der Waals surface area contributed by atoms with Gasteiger partial charge in [0, 0.05) is 19.1 Å². The van der Waals surface area contributed by atoms with Crippen LogP contribution in [0.2, 0.25) is 0 Å². The van der Waals surface area contributed by atoms with E-state index in [2.05, 4.69) is 18.7 Å². The molecule has 102 valence electrons. The SMILES string of the molecule is CCN(CC)C(=O)CN(C)CCC(N)C(C)C. The highest BCUT2D eigenvalue weighted by atomic mass is 16.2. The van der Waals surface area contributed by atoms with Crippen LogP contribution in [-0.2, 0) is 4.79 Å². The van der Waals surface area contributed by atoms with Gasteiger partial charge in [-0.2, -0.15) is 0 Å². The third-order valence-corrected chi connectivity index (χ3v) is 3.22. The molecular weight excluding hydrogens is 214 g/mol. The van der Waals surface area contributed by atoms with Crippen LogP contribution in [0.25, 0.3) is 0 Å². The first-order valence-electron chi connectivity index (χ1n) is 6.64. The molecule has 0 aliphatic rings. The van der Waals surface area contributed by atoms with Crippen molar-refractivity contribution in [2.75, 3.05) is 33.2 Å². The lowest BCUT2D eigenvalue weighted by Gasteiger charge is -2.24. The molecule has 0 aromatic carbocycles. The van der Waals surface area contributed by atoms with Crippen LogP contribution in [0.1, 0.15) is 34.1 Å². The molecule has 1 atom stereocenters. The molecule has 0 saturated carbocycles. The number of nitrogens with two attached hydrogens (primary N) is 1. The summed E-state index contributed by atoms with van der Waals surface area (Å²) in [6.45, 7) is 11.2. The number of amides is 1. The second-order valence-electron chi connectivity index (χ2n) is 5.00. The molecular formula is C13H29N3O. The normalized spacial score (nSPS) is 13.2. The Labute approximate surface area is 106 Å². The average molecular weight is 243 g/mol. The van der Waals surface area contributed by atoms with Gasteiger partial charge in [-0.15, -0.1) is 0 Å². The molecule has 0 aromatic rings. The molecule has 0 aliphatic heterocycles. The molecule has 0 fully saturated rings. The van der Waals surface area contributed by atoms with E-state index in [-0.39, 0.29) is 11.9 Å². The van der Waals surface area contributed by atoms with Gasteiger partial charge in [0.25, 0.3) is 0 Å². The van der Waals surface area contributed by atoms with Crippen molar-refractivity contribution in [1.82, 2.24) is 9.80 Å². The summed E-state index contributed by atoms with van der Waals surface area (Å²) in [5.74, 6) is 0.706. The molecule has 0 saturated heterocycles. The number of nitrogens with zero attached hydrogens (tertiary/aromatic N) is 2. The molecule has 17 heavy (non-hydrogen) atoms. The Hall–Kier alpha value is -0.610. The monoisotopic (exact) mass is 243 g/mol. The fraction of sp³-hybridized carbons (Fsp3) is 0.923. The van der Waals surface area contributed by atoms with Crippen molar-refractivity contribution in [2.24, 2.45) is 11.7 Å². The van der Waals surface area contributed by atoms with E-state index in [4.69, 9.17) is 5.73 Å². The molecule has 4 heteroatoms. The van der Waals surface area contributed by atoms with Crippen LogP contribution >= 0.6 is 0 Å². The van der Waals surface area contributed by atoms with Crippen molar-refractivity contribution in [3.63, 3.8) is 0 Å². The number of likely N-dealkylation sites (N-methyl/N-ethyl adjacent to an activating group) is 2. The van der Waals surface area contributed by atoms with Gasteiger partial charge in [-0.05, 0) is 39.8 Å². The van der Waals surface area contributed by atoms with Gasteiger partial charge >= 0.3 is 0 Å². The van der Waals surface area contributed by atoms with Gasteiger partial charge in [0.05, 0.1) is 6.54 Å². The van der Waals surface area contributed by atoms with Crippen molar-refractivity contribution in [3.05, 3.63) is 0 Å². The quantitative estimate of drug-likeness (QED) is 0.696. The fourth-order valence-electron chi connectivity index (χ4n) is 1.69. The third-order valence-electron chi connectivity index (χ3n) is 3.22. The highest BCUT2D eigenvalue weighted by molar-refractivity contribution is 5.78. The Balaban J connectivity index is 3.93. The number of hydrogen-bond acceptors (Lipinski definition) is 3. The molecule has 0 heterocycles. The molecule has 0 rings (SSSR count). The van der Waals surface area contributed by atoms with Crippen molar-refractivity contribution >= 4 is 5.91 Å². The summed E-state index contributed by atoms with van der Waals surface area (Å²) >= 11 is 0. The maximum atomic E-state index is 11.8. The van der Waals surface area contributed by atoms with Gasteiger partial charge < -0.3 is 10.6 Å². The largest absolute Gasteiger partial charge is 0.342 e. The van der Waals surface area contributed by atoms with E-state index in [0.29, 0.717) is 12.5 Å². The van der Waals surface area contributed by atoms with Crippen LogP contribution in [0.4, 0.5) is 0 Å². The minimum absolute atomic E-state index is 0.204. The van der Waals surface area contributed by atoms with E-state index in [9.17, 15) is 4.79 Å². The molecule has 0 aliphatic carbocycles. The van der Waals surface area contributed by atoms with Crippen LogP contribution in [0, 0.1) is 5.92 Å². The number of carbonyl (C=O) groups is 1. The first kappa shape index (κ1) is 16.4. The van der Waals surface area contributed by atoms with Gasteiger partial charge in [-0.1, -0.05) is 13.8 Å². The van der Waals surface area contributed by atoms with Gasteiger partial charge in [-0.25, -0.2) is 0 Å². The lowest BCUT2D eigenvalue weighted by molar-refractivity contribution is -0.131. The highest BCUT2D eigenvalue weighted by Crippen LogP contribution is 2.03. The fourth-order valence-corrected chi connectivity index (χ4v) is 1.69. The molecule has 2 N–H and O–H groups in total. The summed E-state index contributed by atoms with van der Waals surface area (Å²) in [6.07, 6.45) is 0.944. The average Bonchev–Trinajstić information content (AvgIpc) is 2.27. The predicted octanol–water partition coefficient (Wildman–Crippen LogP) is 1.16. The Morgan fingerprint density at radius 2 is 1.76 bits per heavy atom. The summed E-state index contributed by atoms with van der Waals surface area (Å²) in [7, 11) is 1.98. The zero-order chi connectivity index (χ0) is 13.4. The highest BCUT2D eigenvalue weighted by Gasteiger charge is 2.14. The number of rotatable bonds is 8. The third kappa shape index (κ3) is 6.64. The van der Waals surface area contributed by atoms with Crippen LogP contribution in [0.15, 0.2) is 0 Å². The molecule has 0 radical (unpaired) electrons. The second-order valence-corrected chi connectivity index (χ2v) is 5.00. The Morgan fingerprint density at radius 1 is 1.24 bits per heavy atom. The first-order chi connectivity index (χ1) is 7.92. The Morgan fingerprint density at radius 3 is 2.18 bits per heavy atom. The lowest BCUT2D eigenvalue weighted by Crippen LogP contribution is -2.40. The van der Waals surface area contributed by atoms with Gasteiger partial charge in [0.1, 0.15) is 0 Å². The van der Waals surface area contributed by atoms with Crippen molar-refractivity contribution in [3.8, 4) is 0 Å². The van der Waals surface area contributed by atoms with Gasteiger partial charge in [-0.3, -0.25) is 9.69 Å². The van der Waals surface area contributed by atoms with E-state index in [1.165, 1.54) is 0 Å². The van der Waals surface area contributed by atoms with E-state index in [1.807, 2.05) is 25.8 Å². The zero-order valence-corrected chi connectivity index (χ0v) is 12.1. The van der Waals surface area contributed by atoms with Crippen LogP contribution in [0.5, 0.6) is 0 Å². The lowest BCUT2D eigenvalue weighted by atomic mass is 10.0. The second kappa shape index (κ2) is 8.48. The molecule has 1 unspecified atom stereocenters. The van der Waals surface area contributed by atoms with Gasteiger partial charge in [0.15, 0.2) is 0 Å². The maximum Gasteiger partial charge on any atom is 0.236 e. The molecule has 0 spiro atoms. The van der Waals surface area contributed by atoms with Crippen molar-refractivity contribution in [1.29, 1.82) is 0 Å². The van der Waals surface area contributed by atoms with Crippen LogP contribution in [0.3, 0.4) is 0 Å². The zero-order valence-electron chi connectivity index (χ0n) is 12.1. The number of carbonyl (C=O) groups excluding carboxylic acids is 1. The van der Waals surface area contributed by atoms with Crippen LogP contribution in [-0.4, -0.2) is 55.0 Å². The molecule has 0 bridgehead atoms. The standard InChI is InChI=1S/C13H29N3O/c1-6-16(7-2)13(17)10-15(5)9-8-12(14)11(3)4/h11-12H,6-10,14H2,1-5H3. The van der Waals surface area contributed by atoms with E-state index < -0.39 is 0 Å². The van der Waals surface area contributed by atoms with E-state index in [0.717, 1.165) is 26.1 Å². The summed E-state index contributed by atoms with van der Waals surface area (Å²) in [4.78, 5) is 15.8. The van der Waals surface area contributed by atoms with E-state index >= 15 is 0 Å². The smallest absolute Gasteiger partial charge is 0.236 e. The predicted molar refractivity (Wildman–Crippen MR) is 72.9 cm³/mol. The van der Waals surface area contributed by atoms with Crippen molar-refractivity contribution in [2.45, 2.75) is 40.2 Å². The Kier molecular flexibility index (Phi) is 8.17. The maximum absolute atomic E-state index is 11.8.